The van der Waals surface area contributed by atoms with Crippen LogP contribution in [0.3, 0.4) is 0 Å². The molecule has 1 atom stereocenters. The fourth-order valence-corrected chi connectivity index (χ4v) is 5.79. The largest absolute Gasteiger partial charge is 0.325 e. The lowest BCUT2D eigenvalue weighted by molar-refractivity contribution is -0.115. The normalized spacial score (nSPS) is 18.5. The first-order chi connectivity index (χ1) is 13.0. The highest BCUT2D eigenvalue weighted by atomic mass is 32.2. The zero-order valence-corrected chi connectivity index (χ0v) is 16.6. The number of hydrogen-bond acceptors (Lipinski definition) is 5. The molecule has 2 amide bonds. The number of rotatable bonds is 2. The Bertz CT molecular complexity index is 974. The molecule has 138 valence electrons. The first-order valence-corrected chi connectivity index (χ1v) is 10.8. The molecule has 7 heteroatoms. The van der Waals surface area contributed by atoms with Gasteiger partial charge in [0.1, 0.15) is 11.1 Å². The van der Waals surface area contributed by atoms with Crippen LogP contribution in [0.25, 0.3) is 0 Å². The fourth-order valence-electron chi connectivity index (χ4n) is 3.49. The van der Waals surface area contributed by atoms with Crippen molar-refractivity contribution in [1.29, 1.82) is 5.26 Å². The first kappa shape index (κ1) is 18.1. The Balaban J connectivity index is 1.60. The molecule has 2 aromatic rings. The molecule has 0 fully saturated rings. The Morgan fingerprint density at radius 1 is 1.37 bits per heavy atom. The van der Waals surface area contributed by atoms with E-state index in [0.29, 0.717) is 34.2 Å². The summed E-state index contributed by atoms with van der Waals surface area (Å²) in [6, 6.07) is 7.62. The number of benzene rings is 1. The predicted octanol–water partition coefficient (Wildman–Crippen LogP) is 4.43. The van der Waals surface area contributed by atoms with E-state index in [1.807, 2.05) is 6.07 Å². The van der Waals surface area contributed by atoms with Crippen LogP contribution >= 0.6 is 23.1 Å². The molecule has 2 N–H and O–H groups in total. The van der Waals surface area contributed by atoms with Gasteiger partial charge in [0.15, 0.2) is 0 Å². The lowest BCUT2D eigenvalue weighted by atomic mass is 9.88. The van der Waals surface area contributed by atoms with Gasteiger partial charge >= 0.3 is 0 Å². The van der Waals surface area contributed by atoms with Crippen molar-refractivity contribution in [2.24, 2.45) is 5.92 Å². The van der Waals surface area contributed by atoms with Gasteiger partial charge in [0, 0.05) is 27.5 Å². The molecular weight excluding hydrogens is 378 g/mol. The standard InChI is InChI=1S/C20H19N3O2S2/c1-11-2-4-13-14(10-21)20(27-17(13)8-11)23-19(25)12-3-5-16-15(9-12)22-18(24)6-7-26-16/h3,5,9,11H,2,4,6-8H2,1H3,(H,22,24)(H,23,25). The SMILES string of the molecule is CC1CCc2c(sc(NC(=O)c3ccc4c(c3)NC(=O)CCS4)c2C#N)C1. The van der Waals surface area contributed by atoms with Gasteiger partial charge in [-0.05, 0) is 48.9 Å². The fraction of sp³-hybridized carbons (Fsp3) is 0.350. The second-order valence-electron chi connectivity index (χ2n) is 6.98. The number of nitriles is 1. The van der Waals surface area contributed by atoms with Crippen LogP contribution in [0.2, 0.25) is 0 Å². The number of thioether (sulfide) groups is 1. The molecule has 0 radical (unpaired) electrons. The molecule has 1 unspecified atom stereocenters. The molecule has 0 spiro atoms. The second-order valence-corrected chi connectivity index (χ2v) is 9.22. The summed E-state index contributed by atoms with van der Waals surface area (Å²) in [4.78, 5) is 26.7. The van der Waals surface area contributed by atoms with Gasteiger partial charge in [0.2, 0.25) is 5.91 Å². The molecule has 4 rings (SSSR count). The van der Waals surface area contributed by atoms with Crippen molar-refractivity contribution in [3.8, 4) is 6.07 Å². The molecule has 1 aliphatic heterocycles. The highest BCUT2D eigenvalue weighted by Crippen LogP contribution is 2.39. The average Bonchev–Trinajstić information content (AvgIpc) is 2.86. The highest BCUT2D eigenvalue weighted by molar-refractivity contribution is 7.99. The van der Waals surface area contributed by atoms with Crippen LogP contribution in [0, 0.1) is 17.2 Å². The van der Waals surface area contributed by atoms with Crippen LogP contribution in [0.15, 0.2) is 23.1 Å². The van der Waals surface area contributed by atoms with Crippen molar-refractivity contribution >= 4 is 45.6 Å². The predicted molar refractivity (Wildman–Crippen MR) is 109 cm³/mol. The maximum Gasteiger partial charge on any atom is 0.256 e. The molecule has 5 nitrogen and oxygen atoms in total. The minimum Gasteiger partial charge on any atom is -0.325 e. The van der Waals surface area contributed by atoms with Crippen molar-refractivity contribution in [1.82, 2.24) is 0 Å². The van der Waals surface area contributed by atoms with Crippen molar-refractivity contribution in [3.63, 3.8) is 0 Å². The van der Waals surface area contributed by atoms with Crippen LogP contribution in [0.4, 0.5) is 10.7 Å². The maximum absolute atomic E-state index is 12.8. The Morgan fingerprint density at radius 2 is 2.22 bits per heavy atom. The quantitative estimate of drug-likeness (QED) is 0.785. The van der Waals surface area contributed by atoms with Crippen molar-refractivity contribution in [2.75, 3.05) is 16.4 Å². The van der Waals surface area contributed by atoms with Crippen LogP contribution in [-0.4, -0.2) is 17.6 Å². The number of hydrogen-bond donors (Lipinski definition) is 2. The summed E-state index contributed by atoms with van der Waals surface area (Å²) < 4.78 is 0. The minimum atomic E-state index is -0.260. The zero-order chi connectivity index (χ0) is 19.0. The maximum atomic E-state index is 12.8. The summed E-state index contributed by atoms with van der Waals surface area (Å²) in [5.41, 5.74) is 2.85. The van der Waals surface area contributed by atoms with E-state index in [9.17, 15) is 14.9 Å². The van der Waals surface area contributed by atoms with Gasteiger partial charge in [-0.3, -0.25) is 9.59 Å². The molecule has 1 aromatic carbocycles. The van der Waals surface area contributed by atoms with Crippen molar-refractivity contribution in [3.05, 3.63) is 39.8 Å². The molecule has 1 aromatic heterocycles. The molecule has 27 heavy (non-hydrogen) atoms. The van der Waals surface area contributed by atoms with E-state index in [2.05, 4.69) is 23.6 Å². The number of carbonyl (C=O) groups excluding carboxylic acids is 2. The molecule has 2 aliphatic rings. The third-order valence-electron chi connectivity index (χ3n) is 4.95. The van der Waals surface area contributed by atoms with Gasteiger partial charge in [-0.1, -0.05) is 6.92 Å². The number of nitrogens with one attached hydrogen (secondary N) is 2. The van der Waals surface area contributed by atoms with Crippen LogP contribution in [-0.2, 0) is 17.6 Å². The average molecular weight is 398 g/mol. The van der Waals surface area contributed by atoms with Crippen LogP contribution in [0.1, 0.15) is 46.1 Å². The van der Waals surface area contributed by atoms with Crippen LogP contribution in [0.5, 0.6) is 0 Å². The second kappa shape index (κ2) is 7.37. The van der Waals surface area contributed by atoms with Crippen molar-refractivity contribution in [2.45, 2.75) is 37.5 Å². The van der Waals surface area contributed by atoms with E-state index in [4.69, 9.17) is 0 Å². The minimum absolute atomic E-state index is 0.0365. The van der Waals surface area contributed by atoms with Gasteiger partial charge in [-0.25, -0.2) is 0 Å². The van der Waals surface area contributed by atoms with Gasteiger partial charge in [-0.15, -0.1) is 23.1 Å². The number of anilines is 2. The van der Waals surface area contributed by atoms with Gasteiger partial charge in [-0.2, -0.15) is 5.26 Å². The summed E-state index contributed by atoms with van der Waals surface area (Å²) >= 11 is 3.12. The number of carbonyl (C=O) groups is 2. The Hall–Kier alpha value is -2.30. The Morgan fingerprint density at radius 3 is 3.04 bits per heavy atom. The van der Waals surface area contributed by atoms with E-state index in [1.54, 1.807) is 23.9 Å². The Kier molecular flexibility index (Phi) is 4.94. The summed E-state index contributed by atoms with van der Waals surface area (Å²) in [5.74, 6) is 1.04. The number of fused-ring (bicyclic) bond motifs is 2. The summed E-state index contributed by atoms with van der Waals surface area (Å²) in [5, 5.41) is 16.0. The molecule has 0 saturated carbocycles. The molecular formula is C20H19N3O2S2. The lowest BCUT2D eigenvalue weighted by Crippen LogP contribution is -2.14. The topological polar surface area (TPSA) is 82.0 Å². The monoisotopic (exact) mass is 397 g/mol. The summed E-state index contributed by atoms with van der Waals surface area (Å²) in [6.45, 7) is 2.22. The number of thiophene rings is 1. The lowest BCUT2D eigenvalue weighted by Gasteiger charge is -2.17. The van der Waals surface area contributed by atoms with Gasteiger partial charge < -0.3 is 10.6 Å². The van der Waals surface area contributed by atoms with Crippen molar-refractivity contribution < 1.29 is 9.59 Å². The Labute approximate surface area is 166 Å². The zero-order valence-electron chi connectivity index (χ0n) is 14.9. The summed E-state index contributed by atoms with van der Waals surface area (Å²) in [6.07, 6.45) is 3.40. The van der Waals surface area contributed by atoms with E-state index < -0.39 is 0 Å². The molecule has 2 heterocycles. The first-order valence-electron chi connectivity index (χ1n) is 8.98. The molecule has 1 aliphatic carbocycles. The van der Waals surface area contributed by atoms with E-state index >= 15 is 0 Å². The smallest absolute Gasteiger partial charge is 0.256 e. The van der Waals surface area contributed by atoms with E-state index in [1.165, 1.54) is 16.2 Å². The highest BCUT2D eigenvalue weighted by Gasteiger charge is 2.25. The van der Waals surface area contributed by atoms with Crippen LogP contribution < -0.4 is 10.6 Å². The number of nitrogens with zero attached hydrogens (tertiary/aromatic N) is 1. The summed E-state index contributed by atoms with van der Waals surface area (Å²) in [7, 11) is 0. The third kappa shape index (κ3) is 3.60. The van der Waals surface area contributed by atoms with Gasteiger partial charge in [0.25, 0.3) is 5.91 Å². The van der Waals surface area contributed by atoms with Gasteiger partial charge in [0.05, 0.1) is 11.3 Å². The molecule has 0 bridgehead atoms. The third-order valence-corrected chi connectivity index (χ3v) is 7.20. The van der Waals surface area contributed by atoms with E-state index in [-0.39, 0.29) is 11.8 Å². The van der Waals surface area contributed by atoms with E-state index in [0.717, 1.165) is 35.5 Å². The molecule has 0 saturated heterocycles. The number of amides is 2.